The van der Waals surface area contributed by atoms with Gasteiger partial charge in [0.05, 0.1) is 6.42 Å². The first kappa shape index (κ1) is 18.0. The van der Waals surface area contributed by atoms with Crippen LogP contribution in [-0.4, -0.2) is 17.7 Å². The molecular weight excluding hydrogens is 233 g/mol. The number of Topliss-reactive ketones (excluding diaryl/α,β-unsaturated/α-hetero) is 2. The lowest BCUT2D eigenvalue weighted by molar-refractivity contribution is -0.171. The van der Waals surface area contributed by atoms with E-state index in [0.717, 1.165) is 0 Å². The van der Waals surface area contributed by atoms with Crippen molar-refractivity contribution in [2.24, 2.45) is 0 Å². The first-order chi connectivity index (χ1) is 7.82. The average Bonchev–Trinajstić information content (AvgIpc) is 2.27. The van der Waals surface area contributed by atoms with Crippen LogP contribution in [0.15, 0.2) is 23.8 Å². The quantitative estimate of drug-likeness (QED) is 0.434. The van der Waals surface area contributed by atoms with Crippen LogP contribution in [-0.2, 0) is 9.59 Å². The molecule has 2 nitrogen and oxygen atoms in total. The monoisotopic (exact) mass is 250 g/mol. The lowest BCUT2D eigenvalue weighted by Crippen LogP contribution is -2.25. The number of halogens is 3. The Labute approximate surface area is 99.2 Å². The highest BCUT2D eigenvalue weighted by Crippen LogP contribution is 2.19. The van der Waals surface area contributed by atoms with Crippen molar-refractivity contribution in [1.82, 2.24) is 0 Å². The number of ketones is 2. The number of hydrogen-bond donors (Lipinski definition) is 0. The molecule has 5 heteroatoms. The predicted molar refractivity (Wildman–Crippen MR) is 60.6 cm³/mol. The van der Waals surface area contributed by atoms with E-state index in [0.29, 0.717) is 0 Å². The van der Waals surface area contributed by atoms with Gasteiger partial charge in [-0.25, -0.2) is 0 Å². The highest BCUT2D eigenvalue weighted by atomic mass is 19.4. The molecule has 0 aromatic heterocycles. The Hall–Kier alpha value is -1.39. The Morgan fingerprint density at radius 3 is 1.88 bits per heavy atom. The van der Waals surface area contributed by atoms with Crippen molar-refractivity contribution < 1.29 is 22.8 Å². The van der Waals surface area contributed by atoms with E-state index in [1.165, 1.54) is 25.2 Å². The summed E-state index contributed by atoms with van der Waals surface area (Å²) in [6, 6.07) is 0. The molecule has 0 atom stereocenters. The van der Waals surface area contributed by atoms with Crippen molar-refractivity contribution in [2.45, 2.75) is 40.3 Å². The van der Waals surface area contributed by atoms with Crippen LogP contribution in [0.4, 0.5) is 13.2 Å². The fourth-order valence-electron chi connectivity index (χ4n) is 0.878. The summed E-state index contributed by atoms with van der Waals surface area (Å²) in [5, 5.41) is 0. The SMILES string of the molecule is C/C=C\C(=C/C)C(=O)CC(=O)C(F)(F)F.CC. The second-order valence-corrected chi connectivity index (χ2v) is 2.76. The molecule has 0 amide bonds. The van der Waals surface area contributed by atoms with Gasteiger partial charge in [0, 0.05) is 5.57 Å². The maximum atomic E-state index is 11.8. The topological polar surface area (TPSA) is 34.1 Å². The molecule has 0 N–H and O–H groups in total. The lowest BCUT2D eigenvalue weighted by atomic mass is 10.1. The van der Waals surface area contributed by atoms with Crippen molar-refractivity contribution in [3.05, 3.63) is 23.8 Å². The third-order valence-electron chi connectivity index (χ3n) is 1.62. The Morgan fingerprint density at radius 2 is 1.59 bits per heavy atom. The van der Waals surface area contributed by atoms with Gasteiger partial charge in [-0.05, 0) is 13.8 Å². The van der Waals surface area contributed by atoms with Gasteiger partial charge in [-0.3, -0.25) is 9.59 Å². The number of hydrogen-bond acceptors (Lipinski definition) is 2. The molecular formula is C12H17F3O2. The third kappa shape index (κ3) is 7.49. The summed E-state index contributed by atoms with van der Waals surface area (Å²) in [4.78, 5) is 21.7. The van der Waals surface area contributed by atoms with Gasteiger partial charge in [0.25, 0.3) is 0 Å². The average molecular weight is 250 g/mol. The summed E-state index contributed by atoms with van der Waals surface area (Å²) in [6.07, 6.45) is -1.82. The second-order valence-electron chi connectivity index (χ2n) is 2.76. The van der Waals surface area contributed by atoms with Crippen molar-refractivity contribution in [2.75, 3.05) is 0 Å². The molecule has 0 bridgehead atoms. The van der Waals surface area contributed by atoms with Crippen LogP contribution in [0.5, 0.6) is 0 Å². The number of carbonyl (C=O) groups is 2. The molecule has 17 heavy (non-hydrogen) atoms. The van der Waals surface area contributed by atoms with E-state index in [1.807, 2.05) is 13.8 Å². The third-order valence-corrected chi connectivity index (χ3v) is 1.62. The second kappa shape index (κ2) is 8.73. The summed E-state index contributed by atoms with van der Waals surface area (Å²) in [7, 11) is 0. The van der Waals surface area contributed by atoms with Crippen LogP contribution in [0.3, 0.4) is 0 Å². The Kier molecular flexibility index (Phi) is 9.23. The standard InChI is InChI=1S/C10H11F3O2.C2H6/c1-3-5-7(4-2)8(14)6-9(15)10(11,12)13;1-2/h3-5H,6H2,1-2H3;1-2H3/b5-3-,7-4+;. The molecule has 0 fully saturated rings. The Balaban J connectivity index is 0. The Morgan fingerprint density at radius 1 is 1.12 bits per heavy atom. The lowest BCUT2D eigenvalue weighted by Gasteiger charge is -2.04. The number of rotatable bonds is 4. The summed E-state index contributed by atoms with van der Waals surface area (Å²) in [5.74, 6) is -2.84. The van der Waals surface area contributed by atoms with Gasteiger partial charge in [-0.1, -0.05) is 32.1 Å². The first-order valence-electron chi connectivity index (χ1n) is 5.25. The van der Waals surface area contributed by atoms with E-state index < -0.39 is 24.2 Å². The van der Waals surface area contributed by atoms with E-state index in [4.69, 9.17) is 0 Å². The molecule has 0 spiro atoms. The van der Waals surface area contributed by atoms with E-state index in [-0.39, 0.29) is 5.57 Å². The summed E-state index contributed by atoms with van der Waals surface area (Å²) < 4.78 is 35.5. The van der Waals surface area contributed by atoms with Gasteiger partial charge in [0.1, 0.15) is 0 Å². The maximum absolute atomic E-state index is 11.8. The summed E-state index contributed by atoms with van der Waals surface area (Å²) in [6.45, 7) is 7.15. The van der Waals surface area contributed by atoms with Gasteiger partial charge in [0.15, 0.2) is 5.78 Å². The number of allylic oxidation sites excluding steroid dienone is 4. The van der Waals surface area contributed by atoms with Gasteiger partial charge in [-0.15, -0.1) is 0 Å². The highest BCUT2D eigenvalue weighted by molar-refractivity contribution is 6.10. The van der Waals surface area contributed by atoms with E-state index in [9.17, 15) is 22.8 Å². The van der Waals surface area contributed by atoms with Gasteiger partial charge in [-0.2, -0.15) is 13.2 Å². The van der Waals surface area contributed by atoms with Gasteiger partial charge < -0.3 is 0 Å². The van der Waals surface area contributed by atoms with E-state index in [1.54, 1.807) is 6.92 Å². The van der Waals surface area contributed by atoms with Crippen LogP contribution in [0, 0.1) is 0 Å². The van der Waals surface area contributed by atoms with Crippen LogP contribution in [0.2, 0.25) is 0 Å². The molecule has 0 aliphatic heterocycles. The minimum Gasteiger partial charge on any atom is -0.294 e. The zero-order valence-electron chi connectivity index (χ0n) is 10.4. The van der Waals surface area contributed by atoms with Crippen molar-refractivity contribution in [3.63, 3.8) is 0 Å². The first-order valence-corrected chi connectivity index (χ1v) is 5.25. The largest absolute Gasteiger partial charge is 0.450 e. The fraction of sp³-hybridized carbons (Fsp3) is 0.500. The van der Waals surface area contributed by atoms with Crippen LogP contribution in [0.25, 0.3) is 0 Å². The number of carbonyl (C=O) groups excluding carboxylic acids is 2. The fourth-order valence-corrected chi connectivity index (χ4v) is 0.878. The van der Waals surface area contributed by atoms with Crippen molar-refractivity contribution in [1.29, 1.82) is 0 Å². The number of alkyl halides is 3. The molecule has 0 heterocycles. The van der Waals surface area contributed by atoms with Crippen LogP contribution < -0.4 is 0 Å². The van der Waals surface area contributed by atoms with E-state index >= 15 is 0 Å². The molecule has 0 rings (SSSR count). The van der Waals surface area contributed by atoms with Crippen LogP contribution >= 0.6 is 0 Å². The maximum Gasteiger partial charge on any atom is 0.450 e. The molecule has 0 radical (unpaired) electrons. The molecule has 0 aromatic carbocycles. The minimum atomic E-state index is -4.94. The summed E-state index contributed by atoms with van der Waals surface area (Å²) in [5.41, 5.74) is 0.107. The molecule has 0 unspecified atom stereocenters. The molecule has 0 aliphatic rings. The molecule has 0 saturated heterocycles. The van der Waals surface area contributed by atoms with E-state index in [2.05, 4.69) is 0 Å². The smallest absolute Gasteiger partial charge is 0.294 e. The zero-order chi connectivity index (χ0) is 14.1. The van der Waals surface area contributed by atoms with Crippen molar-refractivity contribution >= 4 is 11.6 Å². The van der Waals surface area contributed by atoms with Gasteiger partial charge in [0.2, 0.25) is 5.78 Å². The minimum absolute atomic E-state index is 0.107. The summed E-state index contributed by atoms with van der Waals surface area (Å²) >= 11 is 0. The molecule has 0 aliphatic carbocycles. The Bertz CT molecular complexity index is 312. The van der Waals surface area contributed by atoms with Crippen molar-refractivity contribution in [3.8, 4) is 0 Å². The zero-order valence-corrected chi connectivity index (χ0v) is 10.4. The highest BCUT2D eigenvalue weighted by Gasteiger charge is 2.39. The van der Waals surface area contributed by atoms with Crippen LogP contribution in [0.1, 0.15) is 34.1 Å². The van der Waals surface area contributed by atoms with Gasteiger partial charge >= 0.3 is 6.18 Å². The predicted octanol–water partition coefficient (Wildman–Crippen LogP) is 3.63. The molecule has 98 valence electrons. The molecule has 0 saturated carbocycles. The normalized spacial score (nSPS) is 12.1. The molecule has 0 aromatic rings.